The van der Waals surface area contributed by atoms with E-state index in [1.165, 1.54) is 4.31 Å². The van der Waals surface area contributed by atoms with Gasteiger partial charge in [-0.05, 0) is 62.1 Å². The van der Waals surface area contributed by atoms with Gasteiger partial charge in [-0.1, -0.05) is 36.2 Å². The average Bonchev–Trinajstić information content (AvgIpc) is 2.75. The Balaban J connectivity index is 1.62. The van der Waals surface area contributed by atoms with Gasteiger partial charge in [-0.15, -0.1) is 0 Å². The minimum Gasteiger partial charge on any atom is -0.479 e. The van der Waals surface area contributed by atoms with Crippen LogP contribution in [0.5, 0.6) is 5.75 Å². The molecule has 1 N–H and O–H groups in total. The summed E-state index contributed by atoms with van der Waals surface area (Å²) in [6.45, 7) is 4.88. The van der Waals surface area contributed by atoms with E-state index in [0.29, 0.717) is 29.4 Å². The largest absolute Gasteiger partial charge is 0.479 e. The fourth-order valence-electron chi connectivity index (χ4n) is 3.35. The highest BCUT2D eigenvalue weighted by Crippen LogP contribution is 2.26. The van der Waals surface area contributed by atoms with Crippen molar-refractivity contribution in [2.24, 2.45) is 0 Å². The summed E-state index contributed by atoms with van der Waals surface area (Å²) in [6, 6.07) is 12.1. The molecule has 2 aromatic rings. The molecule has 0 aromatic heterocycles. The Morgan fingerprint density at radius 3 is 2.63 bits per heavy atom. The van der Waals surface area contributed by atoms with Crippen LogP contribution in [0.3, 0.4) is 0 Å². The Labute approximate surface area is 183 Å². The fraction of sp³-hybridized carbons (Fsp3) is 0.409. The number of carbonyl (C=O) groups excluding carboxylic acids is 1. The van der Waals surface area contributed by atoms with Crippen LogP contribution in [0.25, 0.3) is 0 Å². The number of sulfonamides is 1. The molecule has 3 rings (SSSR count). The lowest BCUT2D eigenvalue weighted by atomic mass is 10.2. The van der Waals surface area contributed by atoms with Crippen molar-refractivity contribution in [3.05, 3.63) is 58.6 Å². The van der Waals surface area contributed by atoms with E-state index in [1.807, 2.05) is 13.0 Å². The first-order valence-electron chi connectivity index (χ1n) is 10.1. The molecule has 0 spiro atoms. The van der Waals surface area contributed by atoms with E-state index in [1.54, 1.807) is 43.3 Å². The summed E-state index contributed by atoms with van der Waals surface area (Å²) in [4.78, 5) is 12.7. The molecule has 0 saturated carbocycles. The fourth-order valence-corrected chi connectivity index (χ4v) is 5.10. The number of hydrogen-bond donors (Lipinski definition) is 1. The Kier molecular flexibility index (Phi) is 7.39. The molecule has 1 fully saturated rings. The lowest BCUT2D eigenvalue weighted by Crippen LogP contribution is -2.36. The van der Waals surface area contributed by atoms with Crippen LogP contribution in [-0.4, -0.2) is 37.8 Å². The SMILES string of the molecule is Cc1ccc(Cl)c(OC(C)C(=O)NCc2cccc(S(=O)(=O)N3CCCCC3)c2)c1. The van der Waals surface area contributed by atoms with Gasteiger partial charge in [0.2, 0.25) is 10.0 Å². The highest BCUT2D eigenvalue weighted by atomic mass is 35.5. The van der Waals surface area contributed by atoms with Gasteiger partial charge in [0, 0.05) is 19.6 Å². The molecule has 1 saturated heterocycles. The van der Waals surface area contributed by atoms with Gasteiger partial charge in [0.05, 0.1) is 9.92 Å². The van der Waals surface area contributed by atoms with E-state index in [9.17, 15) is 13.2 Å². The molecule has 0 bridgehead atoms. The van der Waals surface area contributed by atoms with Crippen molar-refractivity contribution in [3.8, 4) is 5.75 Å². The van der Waals surface area contributed by atoms with Gasteiger partial charge in [0.1, 0.15) is 5.75 Å². The molecule has 0 aliphatic carbocycles. The molecule has 162 valence electrons. The second-order valence-corrected chi connectivity index (χ2v) is 9.87. The number of nitrogens with zero attached hydrogens (tertiary/aromatic N) is 1. The first-order chi connectivity index (χ1) is 14.3. The number of ether oxygens (including phenoxy) is 1. The molecule has 1 aliphatic rings. The minimum absolute atomic E-state index is 0.206. The summed E-state index contributed by atoms with van der Waals surface area (Å²) in [5, 5.41) is 3.24. The lowest BCUT2D eigenvalue weighted by molar-refractivity contribution is -0.127. The van der Waals surface area contributed by atoms with Crippen LogP contribution in [0.15, 0.2) is 47.4 Å². The summed E-state index contributed by atoms with van der Waals surface area (Å²) >= 11 is 6.12. The number of rotatable bonds is 7. The van der Waals surface area contributed by atoms with Gasteiger partial charge < -0.3 is 10.1 Å². The third-order valence-corrected chi connectivity index (χ3v) is 7.28. The summed E-state index contributed by atoms with van der Waals surface area (Å²) in [6.07, 6.45) is 2.09. The normalized spacial score (nSPS) is 16.1. The highest BCUT2D eigenvalue weighted by molar-refractivity contribution is 7.89. The molecule has 1 atom stereocenters. The zero-order valence-corrected chi connectivity index (χ0v) is 18.8. The maximum Gasteiger partial charge on any atom is 0.261 e. The van der Waals surface area contributed by atoms with Crippen LogP contribution in [0.1, 0.15) is 37.3 Å². The third-order valence-electron chi connectivity index (χ3n) is 5.08. The number of amides is 1. The van der Waals surface area contributed by atoms with Crippen molar-refractivity contribution >= 4 is 27.5 Å². The Bertz CT molecular complexity index is 1000. The molecule has 1 heterocycles. The van der Waals surface area contributed by atoms with Crippen molar-refractivity contribution in [3.63, 3.8) is 0 Å². The van der Waals surface area contributed by atoms with E-state index in [4.69, 9.17) is 16.3 Å². The molecule has 1 unspecified atom stereocenters. The topological polar surface area (TPSA) is 75.7 Å². The van der Waals surface area contributed by atoms with E-state index in [0.717, 1.165) is 24.8 Å². The Hall–Kier alpha value is -2.09. The molecule has 30 heavy (non-hydrogen) atoms. The average molecular weight is 451 g/mol. The van der Waals surface area contributed by atoms with Crippen LogP contribution in [0.4, 0.5) is 0 Å². The molecule has 0 radical (unpaired) electrons. The van der Waals surface area contributed by atoms with Crippen molar-refractivity contribution in [2.45, 2.75) is 50.7 Å². The second kappa shape index (κ2) is 9.81. The number of hydrogen-bond acceptors (Lipinski definition) is 4. The minimum atomic E-state index is -3.51. The van der Waals surface area contributed by atoms with Gasteiger partial charge in [0.15, 0.2) is 6.10 Å². The van der Waals surface area contributed by atoms with E-state index < -0.39 is 16.1 Å². The van der Waals surface area contributed by atoms with Crippen molar-refractivity contribution in [1.29, 1.82) is 0 Å². The summed E-state index contributed by atoms with van der Waals surface area (Å²) in [7, 11) is -3.51. The number of benzene rings is 2. The Morgan fingerprint density at radius 2 is 1.90 bits per heavy atom. The lowest BCUT2D eigenvalue weighted by Gasteiger charge is -2.26. The van der Waals surface area contributed by atoms with Crippen molar-refractivity contribution in [1.82, 2.24) is 9.62 Å². The first kappa shape index (κ1) is 22.6. The van der Waals surface area contributed by atoms with Crippen LogP contribution < -0.4 is 10.1 Å². The van der Waals surface area contributed by atoms with Crippen molar-refractivity contribution in [2.75, 3.05) is 13.1 Å². The first-order valence-corrected chi connectivity index (χ1v) is 11.9. The third kappa shape index (κ3) is 5.53. The molecular formula is C22H27ClN2O4S. The highest BCUT2D eigenvalue weighted by Gasteiger charge is 2.26. The molecule has 1 amide bonds. The van der Waals surface area contributed by atoms with Crippen LogP contribution >= 0.6 is 11.6 Å². The molecule has 2 aromatic carbocycles. The van der Waals surface area contributed by atoms with Crippen LogP contribution in [0, 0.1) is 6.92 Å². The van der Waals surface area contributed by atoms with Crippen molar-refractivity contribution < 1.29 is 17.9 Å². The number of nitrogens with one attached hydrogen (secondary N) is 1. The summed E-state index contributed by atoms with van der Waals surface area (Å²) < 4.78 is 32.9. The van der Waals surface area contributed by atoms with E-state index in [2.05, 4.69) is 5.32 Å². The zero-order valence-electron chi connectivity index (χ0n) is 17.2. The van der Waals surface area contributed by atoms with Crippen LogP contribution in [-0.2, 0) is 21.4 Å². The smallest absolute Gasteiger partial charge is 0.261 e. The summed E-state index contributed by atoms with van der Waals surface area (Å²) in [5.41, 5.74) is 1.69. The van der Waals surface area contributed by atoms with E-state index in [-0.39, 0.29) is 17.3 Å². The number of carbonyl (C=O) groups is 1. The molecule has 1 aliphatic heterocycles. The quantitative estimate of drug-likeness (QED) is 0.694. The predicted octanol–water partition coefficient (Wildman–Crippen LogP) is 3.91. The Morgan fingerprint density at radius 1 is 1.17 bits per heavy atom. The molecule has 8 heteroatoms. The van der Waals surface area contributed by atoms with Gasteiger partial charge in [0.25, 0.3) is 5.91 Å². The monoisotopic (exact) mass is 450 g/mol. The van der Waals surface area contributed by atoms with Gasteiger partial charge in [-0.25, -0.2) is 8.42 Å². The van der Waals surface area contributed by atoms with Crippen LogP contribution in [0.2, 0.25) is 5.02 Å². The van der Waals surface area contributed by atoms with Gasteiger partial charge in [-0.2, -0.15) is 4.31 Å². The second-order valence-electron chi connectivity index (χ2n) is 7.52. The van der Waals surface area contributed by atoms with Gasteiger partial charge >= 0.3 is 0 Å². The maximum absolute atomic E-state index is 12.9. The van der Waals surface area contributed by atoms with Gasteiger partial charge in [-0.3, -0.25) is 4.79 Å². The zero-order chi connectivity index (χ0) is 21.7. The molecule has 6 nitrogen and oxygen atoms in total. The maximum atomic E-state index is 12.9. The molecular weight excluding hydrogens is 424 g/mol. The standard InChI is InChI=1S/C22H27ClN2O4S/c1-16-9-10-20(23)21(13-16)29-17(2)22(26)24-15-18-7-6-8-19(14-18)30(27,28)25-11-4-3-5-12-25/h6-10,13-14,17H,3-5,11-12,15H2,1-2H3,(H,24,26). The number of halogens is 1. The number of piperidine rings is 1. The van der Waals surface area contributed by atoms with E-state index >= 15 is 0 Å². The predicted molar refractivity (Wildman–Crippen MR) is 117 cm³/mol. The number of aryl methyl sites for hydroxylation is 1. The summed E-state index contributed by atoms with van der Waals surface area (Å²) in [5.74, 6) is 0.144.